The van der Waals surface area contributed by atoms with Gasteiger partial charge in [-0.15, -0.1) is 0 Å². The lowest BCUT2D eigenvalue weighted by atomic mass is 9.85. The first-order valence-electron chi connectivity index (χ1n) is 12.8. The fraction of sp³-hybridized carbons (Fsp3) is 0.321. The number of hydrogen-bond donors (Lipinski definition) is 2. The van der Waals surface area contributed by atoms with Crippen molar-refractivity contribution in [3.8, 4) is 5.69 Å². The normalized spacial score (nSPS) is 17.2. The van der Waals surface area contributed by atoms with Crippen LogP contribution in [0, 0.1) is 18.7 Å². The van der Waals surface area contributed by atoms with Gasteiger partial charge in [-0.3, -0.25) is 23.7 Å². The largest absolute Gasteiger partial charge is 0.354 e. The minimum atomic E-state index is -0.432. The summed E-state index contributed by atoms with van der Waals surface area (Å²) in [5.41, 5.74) is 2.55. The van der Waals surface area contributed by atoms with Crippen LogP contribution >= 0.6 is 11.6 Å². The van der Waals surface area contributed by atoms with Crippen molar-refractivity contribution in [2.75, 3.05) is 7.05 Å². The third-order valence-corrected chi connectivity index (χ3v) is 7.48. The van der Waals surface area contributed by atoms with E-state index < -0.39 is 5.82 Å². The van der Waals surface area contributed by atoms with Gasteiger partial charge < -0.3 is 10.6 Å². The SMILES string of the molecule is CNC(=O)c1ccc(-n2c(=O)n(CC3CCC(NC(=O)c4cc(Cl)cnc4C)CC3)c3cc(F)ccc32)cn1. The number of imidazole rings is 1. The minimum absolute atomic E-state index is 0.00699. The predicted octanol–water partition coefficient (Wildman–Crippen LogP) is 4.03. The highest BCUT2D eigenvalue weighted by molar-refractivity contribution is 6.30. The van der Waals surface area contributed by atoms with E-state index >= 15 is 0 Å². The number of benzene rings is 1. The lowest BCUT2D eigenvalue weighted by Gasteiger charge is -2.29. The molecule has 0 atom stereocenters. The standard InChI is InChI=1S/C28H28ClFN6O3/c1-16-22(11-18(29)13-32-16)26(37)34-20-6-3-17(4-7-20)15-35-25-12-19(30)5-10-24(25)36(28(35)39)21-8-9-23(33-14-21)27(38)31-2/h5,8-14,17,20H,3-4,6-7,15H2,1-2H3,(H,31,38)(H,34,37). The molecule has 11 heteroatoms. The highest BCUT2D eigenvalue weighted by Crippen LogP contribution is 2.28. The number of nitrogens with one attached hydrogen (secondary N) is 2. The first-order valence-corrected chi connectivity index (χ1v) is 13.1. The second-order valence-electron chi connectivity index (χ2n) is 9.82. The zero-order valence-electron chi connectivity index (χ0n) is 21.6. The molecule has 2 N–H and O–H groups in total. The molecule has 3 aromatic heterocycles. The van der Waals surface area contributed by atoms with E-state index in [9.17, 15) is 18.8 Å². The highest BCUT2D eigenvalue weighted by atomic mass is 35.5. The van der Waals surface area contributed by atoms with Crippen molar-refractivity contribution in [3.63, 3.8) is 0 Å². The zero-order chi connectivity index (χ0) is 27.7. The Bertz CT molecular complexity index is 1610. The summed E-state index contributed by atoms with van der Waals surface area (Å²) in [6.45, 7) is 2.19. The van der Waals surface area contributed by atoms with Gasteiger partial charge in [0.2, 0.25) is 0 Å². The Morgan fingerprint density at radius 3 is 2.49 bits per heavy atom. The summed E-state index contributed by atoms with van der Waals surface area (Å²) in [5.74, 6) is -0.776. The van der Waals surface area contributed by atoms with Crippen LogP contribution in [-0.2, 0) is 6.54 Å². The van der Waals surface area contributed by atoms with Crippen LogP contribution in [-0.4, -0.2) is 44.0 Å². The number of rotatable bonds is 6. The summed E-state index contributed by atoms with van der Waals surface area (Å²) in [4.78, 5) is 46.6. The Kier molecular flexibility index (Phi) is 7.47. The van der Waals surface area contributed by atoms with Crippen LogP contribution in [0.15, 0.2) is 53.6 Å². The van der Waals surface area contributed by atoms with Crippen molar-refractivity contribution in [1.29, 1.82) is 0 Å². The number of carbonyl (C=O) groups is 2. The molecule has 2 amide bonds. The Morgan fingerprint density at radius 1 is 1.03 bits per heavy atom. The molecule has 5 rings (SSSR count). The average Bonchev–Trinajstić information content (AvgIpc) is 3.20. The van der Waals surface area contributed by atoms with Crippen LogP contribution in [0.25, 0.3) is 16.7 Å². The fourth-order valence-electron chi connectivity index (χ4n) is 5.18. The Labute approximate surface area is 229 Å². The average molecular weight is 551 g/mol. The van der Waals surface area contributed by atoms with Crippen molar-refractivity contribution in [2.24, 2.45) is 5.92 Å². The molecular formula is C28H28ClFN6O3. The number of fused-ring (bicyclic) bond motifs is 1. The van der Waals surface area contributed by atoms with Gasteiger partial charge in [-0.1, -0.05) is 11.6 Å². The maximum absolute atomic E-state index is 14.3. The fourth-order valence-corrected chi connectivity index (χ4v) is 5.34. The molecule has 3 heterocycles. The summed E-state index contributed by atoms with van der Waals surface area (Å²) in [7, 11) is 1.52. The maximum Gasteiger partial charge on any atom is 0.333 e. The number of hydrogen-bond acceptors (Lipinski definition) is 5. The quantitative estimate of drug-likeness (QED) is 0.376. The maximum atomic E-state index is 14.3. The number of nitrogens with zero attached hydrogens (tertiary/aromatic N) is 4. The van der Waals surface area contributed by atoms with Gasteiger partial charge in [-0.2, -0.15) is 0 Å². The molecule has 202 valence electrons. The molecule has 1 fully saturated rings. The third-order valence-electron chi connectivity index (χ3n) is 7.28. The number of halogens is 2. The zero-order valence-corrected chi connectivity index (χ0v) is 22.3. The molecular weight excluding hydrogens is 523 g/mol. The van der Waals surface area contributed by atoms with E-state index in [1.54, 1.807) is 35.8 Å². The van der Waals surface area contributed by atoms with Gasteiger partial charge in [0.05, 0.1) is 39.2 Å². The van der Waals surface area contributed by atoms with Gasteiger partial charge in [0, 0.05) is 25.8 Å². The molecule has 1 saturated carbocycles. The summed E-state index contributed by atoms with van der Waals surface area (Å²) in [5, 5.41) is 6.01. The molecule has 4 aromatic rings. The second-order valence-corrected chi connectivity index (χ2v) is 10.3. The summed E-state index contributed by atoms with van der Waals surface area (Å²) >= 11 is 6.01. The van der Waals surface area contributed by atoms with Gasteiger partial charge in [0.15, 0.2) is 0 Å². The lowest BCUT2D eigenvalue weighted by Crippen LogP contribution is -2.39. The van der Waals surface area contributed by atoms with Gasteiger partial charge in [0.1, 0.15) is 11.5 Å². The van der Waals surface area contributed by atoms with Crippen molar-refractivity contribution >= 4 is 34.4 Å². The molecule has 0 aliphatic heterocycles. The van der Waals surface area contributed by atoms with E-state index in [-0.39, 0.29) is 35.2 Å². The third kappa shape index (κ3) is 5.42. The highest BCUT2D eigenvalue weighted by Gasteiger charge is 2.26. The van der Waals surface area contributed by atoms with E-state index in [2.05, 4.69) is 20.6 Å². The lowest BCUT2D eigenvalue weighted by molar-refractivity contribution is 0.0917. The summed E-state index contributed by atoms with van der Waals surface area (Å²) in [6, 6.07) is 9.09. The van der Waals surface area contributed by atoms with E-state index in [0.717, 1.165) is 25.7 Å². The molecule has 0 unspecified atom stereocenters. The Balaban J connectivity index is 1.33. The monoisotopic (exact) mass is 550 g/mol. The van der Waals surface area contributed by atoms with E-state index in [1.165, 1.54) is 36.1 Å². The van der Waals surface area contributed by atoms with Crippen LogP contribution in [0.2, 0.25) is 5.02 Å². The molecule has 1 aromatic carbocycles. The van der Waals surface area contributed by atoms with E-state index in [0.29, 0.717) is 39.5 Å². The van der Waals surface area contributed by atoms with Crippen LogP contribution in [0.4, 0.5) is 4.39 Å². The molecule has 0 saturated heterocycles. The number of carbonyl (C=O) groups excluding carboxylic acids is 2. The molecule has 39 heavy (non-hydrogen) atoms. The van der Waals surface area contributed by atoms with Crippen molar-refractivity contribution in [3.05, 3.63) is 87.1 Å². The van der Waals surface area contributed by atoms with Crippen LogP contribution in [0.5, 0.6) is 0 Å². The number of amides is 2. The van der Waals surface area contributed by atoms with Crippen LogP contribution < -0.4 is 16.3 Å². The summed E-state index contributed by atoms with van der Waals surface area (Å²) < 4.78 is 17.3. The molecule has 1 aliphatic carbocycles. The molecule has 0 radical (unpaired) electrons. The van der Waals surface area contributed by atoms with Crippen LogP contribution in [0.1, 0.15) is 52.2 Å². The molecule has 9 nitrogen and oxygen atoms in total. The number of pyridine rings is 2. The second kappa shape index (κ2) is 11.0. The van der Waals surface area contributed by atoms with Gasteiger partial charge in [-0.25, -0.2) is 14.2 Å². The first-order chi connectivity index (χ1) is 18.7. The number of aromatic nitrogens is 4. The molecule has 0 spiro atoms. The predicted molar refractivity (Wildman–Crippen MR) is 146 cm³/mol. The van der Waals surface area contributed by atoms with Crippen molar-refractivity contribution in [1.82, 2.24) is 29.7 Å². The first kappa shape index (κ1) is 26.6. The van der Waals surface area contributed by atoms with Crippen molar-refractivity contribution < 1.29 is 14.0 Å². The van der Waals surface area contributed by atoms with Crippen molar-refractivity contribution in [2.45, 2.75) is 45.2 Å². The van der Waals surface area contributed by atoms with Crippen LogP contribution in [0.3, 0.4) is 0 Å². The van der Waals surface area contributed by atoms with Gasteiger partial charge in [-0.05, 0) is 74.9 Å². The Morgan fingerprint density at radius 2 is 1.79 bits per heavy atom. The molecule has 1 aliphatic rings. The van der Waals surface area contributed by atoms with Gasteiger partial charge in [0.25, 0.3) is 11.8 Å². The van der Waals surface area contributed by atoms with E-state index in [1.807, 2.05) is 0 Å². The Hall–Kier alpha value is -4.05. The minimum Gasteiger partial charge on any atom is -0.354 e. The summed E-state index contributed by atoms with van der Waals surface area (Å²) in [6.07, 6.45) is 6.10. The number of aryl methyl sites for hydroxylation is 1. The van der Waals surface area contributed by atoms with E-state index in [4.69, 9.17) is 11.6 Å². The molecule has 0 bridgehead atoms. The van der Waals surface area contributed by atoms with Gasteiger partial charge >= 0.3 is 5.69 Å². The smallest absolute Gasteiger partial charge is 0.333 e. The topological polar surface area (TPSA) is 111 Å².